The number of hydrogen-bond donors (Lipinski definition) is 4. The maximum absolute atomic E-state index is 8.67. The first-order valence-corrected chi connectivity index (χ1v) is 11.2. The fourth-order valence-electron chi connectivity index (χ4n) is 2.65. The van der Waals surface area contributed by atoms with E-state index in [0.717, 1.165) is 17.0 Å². The molecule has 3 aromatic rings. The molecule has 30 heavy (non-hydrogen) atoms. The number of allylic oxidation sites excluding steroid dienone is 1. The molecule has 0 radical (unpaired) electrons. The van der Waals surface area contributed by atoms with Crippen LogP contribution in [0.4, 0.5) is 23.1 Å². The van der Waals surface area contributed by atoms with Crippen molar-refractivity contribution in [3.63, 3.8) is 0 Å². The van der Waals surface area contributed by atoms with Crippen LogP contribution in [0.5, 0.6) is 0 Å². The molecule has 0 fully saturated rings. The van der Waals surface area contributed by atoms with E-state index in [9.17, 15) is 0 Å². The molecule has 0 spiro atoms. The molecule has 0 saturated carbocycles. The highest BCUT2D eigenvalue weighted by Gasteiger charge is 2.14. The predicted molar refractivity (Wildman–Crippen MR) is 134 cm³/mol. The average Bonchev–Trinajstić information content (AvgIpc) is 3.24. The van der Waals surface area contributed by atoms with Gasteiger partial charge in [0.15, 0.2) is 0 Å². The van der Waals surface area contributed by atoms with Crippen molar-refractivity contribution in [1.82, 2.24) is 9.97 Å². The molecule has 6 N–H and O–H groups in total. The van der Waals surface area contributed by atoms with E-state index in [-0.39, 0.29) is 5.95 Å². The van der Waals surface area contributed by atoms with Gasteiger partial charge in [0.25, 0.3) is 0 Å². The first-order valence-electron chi connectivity index (χ1n) is 9.20. The minimum absolute atomic E-state index is 0.198. The van der Waals surface area contributed by atoms with Crippen molar-refractivity contribution in [3.05, 3.63) is 77.1 Å². The van der Waals surface area contributed by atoms with Gasteiger partial charge in [0.2, 0.25) is 5.95 Å². The van der Waals surface area contributed by atoms with Crippen LogP contribution in [0.2, 0.25) is 0 Å². The maximum atomic E-state index is 8.67. The summed E-state index contributed by atoms with van der Waals surface area (Å²) in [6.45, 7) is 8.12. The van der Waals surface area contributed by atoms with Crippen molar-refractivity contribution in [1.29, 1.82) is 5.41 Å². The normalized spacial score (nSPS) is 10.8. The molecule has 6 nitrogen and oxygen atoms in total. The van der Waals surface area contributed by atoms with Crippen LogP contribution in [-0.4, -0.2) is 21.9 Å². The lowest BCUT2D eigenvalue weighted by Gasteiger charge is -2.11. The van der Waals surface area contributed by atoms with E-state index in [4.69, 9.17) is 16.9 Å². The molecule has 8 heteroatoms. The van der Waals surface area contributed by atoms with Gasteiger partial charge < -0.3 is 16.8 Å². The topological polar surface area (TPSA) is 114 Å². The summed E-state index contributed by atoms with van der Waals surface area (Å²) in [6, 6.07) is 11.3. The third-order valence-corrected chi connectivity index (χ3v) is 6.07. The van der Waals surface area contributed by atoms with E-state index >= 15 is 0 Å². The Bertz CT molecular complexity index is 1040. The van der Waals surface area contributed by atoms with Crippen molar-refractivity contribution < 1.29 is 0 Å². The Morgan fingerprint density at radius 2 is 1.93 bits per heavy atom. The van der Waals surface area contributed by atoms with Crippen LogP contribution in [0.25, 0.3) is 4.91 Å². The van der Waals surface area contributed by atoms with Gasteiger partial charge in [-0.1, -0.05) is 13.0 Å². The van der Waals surface area contributed by atoms with Crippen LogP contribution < -0.4 is 16.8 Å². The summed E-state index contributed by atoms with van der Waals surface area (Å²) in [5.74, 6) is 0.784. The molecular formula is C22H26N6S2. The van der Waals surface area contributed by atoms with Crippen LogP contribution >= 0.6 is 23.1 Å². The van der Waals surface area contributed by atoms with E-state index < -0.39 is 0 Å². The molecule has 0 atom stereocenters. The first kappa shape index (κ1) is 23.2. The number of nitrogens with zero attached hydrogens (tertiary/aromatic N) is 2. The molecule has 0 aliphatic carbocycles. The van der Waals surface area contributed by atoms with Gasteiger partial charge in [-0.2, -0.15) is 4.98 Å². The Kier molecular flexibility index (Phi) is 8.64. The SMILES string of the molecule is C=C.CC/C=C(\SC)c1ccc(C(=N)c2cc(Nc3ccnc(N)n3)ccc2N)s1. The molecule has 3 rings (SSSR count). The number of aromatic nitrogens is 2. The molecule has 0 bridgehead atoms. The van der Waals surface area contributed by atoms with Crippen molar-refractivity contribution in [2.45, 2.75) is 13.3 Å². The largest absolute Gasteiger partial charge is 0.398 e. The van der Waals surface area contributed by atoms with Gasteiger partial charge in [-0.05, 0) is 49.1 Å². The number of nitrogen functional groups attached to an aromatic ring is 2. The summed E-state index contributed by atoms with van der Waals surface area (Å²) < 4.78 is 0. The minimum Gasteiger partial charge on any atom is -0.398 e. The third kappa shape index (κ3) is 5.71. The van der Waals surface area contributed by atoms with Crippen molar-refractivity contribution in [3.8, 4) is 0 Å². The molecule has 0 unspecified atom stereocenters. The summed E-state index contributed by atoms with van der Waals surface area (Å²) >= 11 is 3.32. The molecule has 0 amide bonds. The third-order valence-electron chi connectivity index (χ3n) is 3.97. The number of rotatable bonds is 7. The standard InChI is InChI=1S/C20H22N6S2.C2H4/c1-3-4-15(27-2)16-7-8-17(28-16)19(22)13-11-12(5-6-14(13)21)25-18-9-10-24-20(23)26-18;1-2/h4-11,22H,3,21H2,1-2H3,(H3,23,24,25,26);1-2H2/b15-4-,22-19?;. The van der Waals surface area contributed by atoms with Crippen LogP contribution in [-0.2, 0) is 0 Å². The number of thiophene rings is 1. The minimum atomic E-state index is 0.198. The molecule has 156 valence electrons. The number of anilines is 4. The lowest BCUT2D eigenvalue weighted by molar-refractivity contribution is 1.18. The molecule has 0 aliphatic rings. The Morgan fingerprint density at radius 3 is 2.60 bits per heavy atom. The second-order valence-corrected chi connectivity index (χ2v) is 7.88. The number of benzene rings is 1. The van der Waals surface area contributed by atoms with Crippen LogP contribution in [0, 0.1) is 5.41 Å². The van der Waals surface area contributed by atoms with Crippen molar-refractivity contribution >= 4 is 56.9 Å². The van der Waals surface area contributed by atoms with Gasteiger partial charge in [-0.15, -0.1) is 36.3 Å². The van der Waals surface area contributed by atoms with Crippen LogP contribution in [0.15, 0.2) is 61.8 Å². The Hall–Kier alpha value is -3.10. The first-order chi connectivity index (χ1) is 14.5. The van der Waals surface area contributed by atoms with Crippen molar-refractivity contribution in [2.75, 3.05) is 23.0 Å². The molecule has 2 heterocycles. The van der Waals surface area contributed by atoms with Gasteiger partial charge in [-0.3, -0.25) is 5.41 Å². The monoisotopic (exact) mass is 438 g/mol. The molecule has 1 aromatic carbocycles. The highest BCUT2D eigenvalue weighted by atomic mass is 32.2. The number of nitrogens with two attached hydrogens (primary N) is 2. The van der Waals surface area contributed by atoms with E-state index in [1.807, 2.05) is 18.2 Å². The second-order valence-electron chi connectivity index (χ2n) is 5.95. The van der Waals surface area contributed by atoms with Crippen LogP contribution in [0.3, 0.4) is 0 Å². The van der Waals surface area contributed by atoms with Gasteiger partial charge in [0.1, 0.15) is 5.82 Å². The maximum Gasteiger partial charge on any atom is 0.221 e. The van der Waals surface area contributed by atoms with Gasteiger partial charge in [-0.25, -0.2) is 4.98 Å². The fraction of sp³-hybridized carbons (Fsp3) is 0.136. The zero-order valence-electron chi connectivity index (χ0n) is 17.1. The summed E-state index contributed by atoms with van der Waals surface area (Å²) in [5, 5.41) is 11.8. The second kappa shape index (κ2) is 11.2. The Labute approximate surface area is 185 Å². The number of thioether (sulfide) groups is 1. The zero-order valence-corrected chi connectivity index (χ0v) is 18.7. The highest BCUT2D eigenvalue weighted by molar-refractivity contribution is 8.07. The Morgan fingerprint density at radius 1 is 1.20 bits per heavy atom. The average molecular weight is 439 g/mol. The zero-order chi connectivity index (χ0) is 22.1. The van der Waals surface area contributed by atoms with Gasteiger partial charge >= 0.3 is 0 Å². The van der Waals surface area contributed by atoms with Crippen molar-refractivity contribution in [2.24, 2.45) is 0 Å². The quantitative estimate of drug-likeness (QED) is 0.211. The lowest BCUT2D eigenvalue weighted by Crippen LogP contribution is -2.05. The summed E-state index contributed by atoms with van der Waals surface area (Å²) in [6.07, 6.45) is 6.84. The van der Waals surface area contributed by atoms with Crippen LogP contribution in [0.1, 0.15) is 28.7 Å². The smallest absolute Gasteiger partial charge is 0.221 e. The van der Waals surface area contributed by atoms with E-state index in [2.05, 4.69) is 53.8 Å². The summed E-state index contributed by atoms with van der Waals surface area (Å²) in [7, 11) is 0. The van der Waals surface area contributed by atoms with Gasteiger partial charge in [0, 0.05) is 32.9 Å². The molecular weight excluding hydrogens is 412 g/mol. The van der Waals surface area contributed by atoms with Gasteiger partial charge in [0.05, 0.1) is 10.6 Å². The predicted octanol–water partition coefficient (Wildman–Crippen LogP) is 5.78. The molecule has 0 aliphatic heterocycles. The summed E-state index contributed by atoms with van der Waals surface area (Å²) in [4.78, 5) is 11.3. The van der Waals surface area contributed by atoms with E-state index in [1.54, 1.807) is 41.4 Å². The fourth-order valence-corrected chi connectivity index (χ4v) is 4.53. The number of nitrogens with one attached hydrogen (secondary N) is 2. The highest BCUT2D eigenvalue weighted by Crippen LogP contribution is 2.33. The Balaban J connectivity index is 0.00000155. The number of hydrogen-bond acceptors (Lipinski definition) is 8. The summed E-state index contributed by atoms with van der Waals surface area (Å²) in [5.41, 5.74) is 14.2. The van der Waals surface area contributed by atoms with E-state index in [1.165, 1.54) is 9.78 Å². The molecule has 0 saturated heterocycles. The van der Waals surface area contributed by atoms with E-state index in [0.29, 0.717) is 22.8 Å². The molecule has 2 aromatic heterocycles. The lowest BCUT2D eigenvalue weighted by atomic mass is 10.1.